The molecule has 1 aromatic heterocycles. The maximum Gasteiger partial charge on any atom is 0.242 e. The molecule has 0 fully saturated rings. The first kappa shape index (κ1) is 13.5. The molecule has 0 aromatic carbocycles. The van der Waals surface area contributed by atoms with Crippen molar-refractivity contribution in [3.8, 4) is 0 Å². The Balaban J connectivity index is 2.54. The van der Waals surface area contributed by atoms with Crippen LogP contribution in [0.5, 0.6) is 0 Å². The van der Waals surface area contributed by atoms with Gasteiger partial charge in [-0.05, 0) is 46.5 Å². The van der Waals surface area contributed by atoms with Crippen LogP contribution in [0.2, 0.25) is 0 Å². The van der Waals surface area contributed by atoms with E-state index in [9.17, 15) is 4.79 Å². The number of amides is 1. The smallest absolute Gasteiger partial charge is 0.242 e. The number of aromatic nitrogens is 1. The quantitative estimate of drug-likeness (QED) is 0.871. The molecule has 0 spiro atoms. The summed E-state index contributed by atoms with van der Waals surface area (Å²) in [5.41, 5.74) is 5.73. The highest BCUT2D eigenvalue weighted by atomic mass is 79.9. The molecule has 3 N–H and O–H groups in total. The molecule has 4 nitrogen and oxygen atoms in total. The van der Waals surface area contributed by atoms with Crippen LogP contribution in [0.4, 0.5) is 5.82 Å². The monoisotopic (exact) mass is 303 g/mol. The van der Waals surface area contributed by atoms with Crippen LogP contribution in [0.3, 0.4) is 0 Å². The Hall–Kier alpha value is -0.590. The van der Waals surface area contributed by atoms with E-state index in [0.717, 1.165) is 10.2 Å². The van der Waals surface area contributed by atoms with Gasteiger partial charge in [-0.15, -0.1) is 0 Å². The van der Waals surface area contributed by atoms with Crippen LogP contribution in [0.1, 0.15) is 6.42 Å². The maximum absolute atomic E-state index is 11.7. The number of halogens is 1. The van der Waals surface area contributed by atoms with E-state index >= 15 is 0 Å². The van der Waals surface area contributed by atoms with E-state index in [1.165, 1.54) is 0 Å². The molecule has 0 bridgehead atoms. The second-order valence-corrected chi connectivity index (χ2v) is 5.05. The number of anilines is 1. The number of carbonyl (C=O) groups excluding carboxylic acids is 1. The van der Waals surface area contributed by atoms with Crippen LogP contribution in [-0.2, 0) is 4.79 Å². The van der Waals surface area contributed by atoms with E-state index in [1.54, 1.807) is 24.0 Å². The fourth-order valence-corrected chi connectivity index (χ4v) is 1.91. The summed E-state index contributed by atoms with van der Waals surface area (Å²) in [5, 5.41) is 2.69. The van der Waals surface area contributed by atoms with Gasteiger partial charge in [-0.25, -0.2) is 4.98 Å². The molecule has 0 aliphatic rings. The second-order valence-electron chi connectivity index (χ2n) is 3.21. The topological polar surface area (TPSA) is 68.0 Å². The Bertz CT molecular complexity index is 362. The fourth-order valence-electron chi connectivity index (χ4n) is 1.06. The van der Waals surface area contributed by atoms with E-state index in [-0.39, 0.29) is 5.91 Å². The van der Waals surface area contributed by atoms with Gasteiger partial charge in [-0.2, -0.15) is 11.8 Å². The number of hydrogen-bond donors (Lipinski definition) is 2. The molecule has 0 radical (unpaired) electrons. The van der Waals surface area contributed by atoms with Crippen molar-refractivity contribution < 1.29 is 4.79 Å². The van der Waals surface area contributed by atoms with Crippen LogP contribution in [0.25, 0.3) is 0 Å². The van der Waals surface area contributed by atoms with Gasteiger partial charge >= 0.3 is 0 Å². The van der Waals surface area contributed by atoms with Crippen LogP contribution >= 0.6 is 27.7 Å². The molecule has 6 heteroatoms. The molecule has 1 amide bonds. The maximum atomic E-state index is 11.7. The van der Waals surface area contributed by atoms with E-state index in [1.807, 2.05) is 12.3 Å². The molecule has 1 heterocycles. The lowest BCUT2D eigenvalue weighted by Crippen LogP contribution is -2.36. The number of thioether (sulfide) groups is 1. The van der Waals surface area contributed by atoms with Gasteiger partial charge in [0.2, 0.25) is 5.91 Å². The van der Waals surface area contributed by atoms with Gasteiger partial charge in [0, 0.05) is 6.20 Å². The third-order valence-corrected chi connectivity index (χ3v) is 3.25. The molecule has 0 aliphatic heterocycles. The fraction of sp³-hybridized carbons (Fsp3) is 0.400. The predicted molar refractivity (Wildman–Crippen MR) is 71.5 cm³/mol. The summed E-state index contributed by atoms with van der Waals surface area (Å²) in [6, 6.07) is 3.12. The minimum Gasteiger partial charge on any atom is -0.320 e. The van der Waals surface area contributed by atoms with Gasteiger partial charge in [0.1, 0.15) is 5.82 Å². The Morgan fingerprint density at radius 3 is 3.12 bits per heavy atom. The minimum atomic E-state index is -0.485. The van der Waals surface area contributed by atoms with E-state index in [0.29, 0.717) is 12.2 Å². The molecule has 0 saturated carbocycles. The van der Waals surface area contributed by atoms with Crippen molar-refractivity contribution >= 4 is 39.4 Å². The first-order chi connectivity index (χ1) is 7.65. The Morgan fingerprint density at radius 1 is 1.75 bits per heavy atom. The summed E-state index contributed by atoms with van der Waals surface area (Å²) in [7, 11) is 0. The molecule has 16 heavy (non-hydrogen) atoms. The van der Waals surface area contributed by atoms with Crippen LogP contribution in [-0.4, -0.2) is 28.9 Å². The van der Waals surface area contributed by atoms with Crippen LogP contribution in [0, 0.1) is 0 Å². The van der Waals surface area contributed by atoms with Crippen molar-refractivity contribution in [3.63, 3.8) is 0 Å². The standard InChI is InChI=1S/C10H14BrN3OS/c1-16-6-4-8(12)10(15)14-9-7(11)3-2-5-13-9/h2-3,5,8H,4,6,12H2,1H3,(H,13,14,15)/t8-/m1/s1. The first-order valence-corrected chi connectivity index (χ1v) is 6.99. The number of rotatable bonds is 5. The van der Waals surface area contributed by atoms with Crippen molar-refractivity contribution in [2.45, 2.75) is 12.5 Å². The zero-order chi connectivity index (χ0) is 12.0. The third kappa shape index (κ3) is 4.11. The van der Waals surface area contributed by atoms with Crippen molar-refractivity contribution in [1.29, 1.82) is 0 Å². The van der Waals surface area contributed by atoms with Crippen molar-refractivity contribution in [3.05, 3.63) is 22.8 Å². The normalized spacial score (nSPS) is 12.2. The van der Waals surface area contributed by atoms with E-state index in [4.69, 9.17) is 5.73 Å². The molecule has 1 atom stereocenters. The largest absolute Gasteiger partial charge is 0.320 e. The summed E-state index contributed by atoms with van der Waals surface area (Å²) in [4.78, 5) is 15.7. The van der Waals surface area contributed by atoms with Gasteiger partial charge in [-0.1, -0.05) is 0 Å². The summed E-state index contributed by atoms with van der Waals surface area (Å²) < 4.78 is 0.750. The lowest BCUT2D eigenvalue weighted by atomic mass is 10.2. The van der Waals surface area contributed by atoms with E-state index < -0.39 is 6.04 Å². The molecular formula is C10H14BrN3OS. The third-order valence-electron chi connectivity index (χ3n) is 1.97. The average molecular weight is 304 g/mol. The first-order valence-electron chi connectivity index (χ1n) is 4.81. The summed E-state index contributed by atoms with van der Waals surface area (Å²) >= 11 is 4.98. The van der Waals surface area contributed by atoms with Crippen molar-refractivity contribution in [2.24, 2.45) is 5.73 Å². The Labute approximate surface area is 108 Å². The lowest BCUT2D eigenvalue weighted by molar-refractivity contribution is -0.117. The molecule has 88 valence electrons. The summed E-state index contributed by atoms with van der Waals surface area (Å²) in [5.74, 6) is 1.18. The molecule has 1 aromatic rings. The number of nitrogens with zero attached hydrogens (tertiary/aromatic N) is 1. The van der Waals surface area contributed by atoms with Gasteiger partial charge in [0.05, 0.1) is 10.5 Å². The average Bonchev–Trinajstić information content (AvgIpc) is 2.28. The Kier molecular flexibility index (Phi) is 5.79. The van der Waals surface area contributed by atoms with Crippen molar-refractivity contribution in [2.75, 3.05) is 17.3 Å². The highest BCUT2D eigenvalue weighted by molar-refractivity contribution is 9.10. The highest BCUT2D eigenvalue weighted by Crippen LogP contribution is 2.18. The molecule has 0 aliphatic carbocycles. The van der Waals surface area contributed by atoms with Gasteiger partial charge in [0.25, 0.3) is 0 Å². The number of hydrogen-bond acceptors (Lipinski definition) is 4. The molecule has 0 saturated heterocycles. The van der Waals surface area contributed by atoms with Crippen LogP contribution in [0.15, 0.2) is 22.8 Å². The zero-order valence-electron chi connectivity index (χ0n) is 8.94. The predicted octanol–water partition coefficient (Wildman–Crippen LogP) is 1.86. The molecular weight excluding hydrogens is 290 g/mol. The minimum absolute atomic E-state index is 0.201. The van der Waals surface area contributed by atoms with Gasteiger partial charge in [0.15, 0.2) is 0 Å². The number of carbonyl (C=O) groups is 1. The second kappa shape index (κ2) is 6.88. The SMILES string of the molecule is CSCC[C@@H](N)C(=O)Nc1ncccc1Br. The van der Waals surface area contributed by atoms with Crippen molar-refractivity contribution in [1.82, 2.24) is 4.98 Å². The molecule has 1 rings (SSSR count). The van der Waals surface area contributed by atoms with Gasteiger partial charge in [-0.3, -0.25) is 4.79 Å². The number of pyridine rings is 1. The van der Waals surface area contributed by atoms with Crippen LogP contribution < -0.4 is 11.1 Å². The Morgan fingerprint density at radius 2 is 2.50 bits per heavy atom. The number of nitrogens with two attached hydrogens (primary N) is 1. The van der Waals surface area contributed by atoms with E-state index in [2.05, 4.69) is 26.2 Å². The lowest BCUT2D eigenvalue weighted by Gasteiger charge is -2.11. The number of nitrogens with one attached hydrogen (secondary N) is 1. The highest BCUT2D eigenvalue weighted by Gasteiger charge is 2.14. The molecule has 0 unspecified atom stereocenters. The zero-order valence-corrected chi connectivity index (χ0v) is 11.3. The van der Waals surface area contributed by atoms with Gasteiger partial charge < -0.3 is 11.1 Å². The summed E-state index contributed by atoms with van der Waals surface area (Å²) in [6.07, 6.45) is 4.27. The summed E-state index contributed by atoms with van der Waals surface area (Å²) in [6.45, 7) is 0.